The molecule has 0 rings (SSSR count). The Bertz CT molecular complexity index is 958. The highest BCUT2D eigenvalue weighted by atomic mass is 16.6. The van der Waals surface area contributed by atoms with E-state index in [4.69, 9.17) is 14.2 Å². The van der Waals surface area contributed by atoms with Gasteiger partial charge in [0.05, 0.1) is 0 Å². The highest BCUT2D eigenvalue weighted by molar-refractivity contribution is 5.71. The third kappa shape index (κ3) is 46.8. The number of hydrogen-bond donors (Lipinski definition) is 0. The molecule has 1 atom stereocenters. The van der Waals surface area contributed by atoms with Gasteiger partial charge < -0.3 is 14.2 Å². The Morgan fingerprint density at radius 3 is 0.932 bits per heavy atom. The number of esters is 3. The first-order valence-corrected chi connectivity index (χ1v) is 25.8. The summed E-state index contributed by atoms with van der Waals surface area (Å²) in [6.45, 7) is 6.59. The number of hydrogen-bond acceptors (Lipinski definition) is 6. The molecule has 1 unspecified atom stereocenters. The van der Waals surface area contributed by atoms with Crippen LogP contribution in [0.15, 0.2) is 24.3 Å². The van der Waals surface area contributed by atoms with Crippen LogP contribution in [0.5, 0.6) is 0 Å². The molecule has 0 aromatic carbocycles. The van der Waals surface area contributed by atoms with Gasteiger partial charge >= 0.3 is 17.9 Å². The summed E-state index contributed by atoms with van der Waals surface area (Å²) in [4.78, 5) is 37.6. The number of rotatable bonds is 47. The first-order valence-electron chi connectivity index (χ1n) is 25.8. The second-order valence-corrected chi connectivity index (χ2v) is 17.4. The van der Waals surface area contributed by atoms with Gasteiger partial charge in [0, 0.05) is 19.3 Å². The minimum atomic E-state index is -0.762. The van der Waals surface area contributed by atoms with E-state index < -0.39 is 6.10 Å². The van der Waals surface area contributed by atoms with Crippen molar-refractivity contribution in [3.05, 3.63) is 24.3 Å². The highest BCUT2D eigenvalue weighted by Crippen LogP contribution is 2.16. The standard InChI is InChI=1S/C53H98O6/c1-4-7-10-13-16-19-20-21-22-23-24-25-26-27-28-29-30-31-32-33-34-35-38-40-43-46-52(55)58-49-50(59-53(56)47-44-41-37-18-15-12-9-6-3)48-57-51(54)45-42-39-36-17-14-11-8-5-2/h20-21,23-24,50H,4-19,22,25-49H2,1-3H3/b21-20-,24-23-. The topological polar surface area (TPSA) is 78.9 Å². The van der Waals surface area contributed by atoms with Gasteiger partial charge in [0.1, 0.15) is 13.2 Å². The molecule has 0 radical (unpaired) electrons. The van der Waals surface area contributed by atoms with Gasteiger partial charge in [-0.1, -0.05) is 231 Å². The number of ether oxygens (including phenoxy) is 3. The minimum absolute atomic E-state index is 0.0675. The van der Waals surface area contributed by atoms with Crippen molar-refractivity contribution in [3.63, 3.8) is 0 Å². The summed E-state index contributed by atoms with van der Waals surface area (Å²) in [5, 5.41) is 0. The second kappa shape index (κ2) is 48.6. The molecule has 0 aliphatic heterocycles. The van der Waals surface area contributed by atoms with Gasteiger partial charge in [-0.2, -0.15) is 0 Å². The van der Waals surface area contributed by atoms with Crippen LogP contribution in [0, 0.1) is 0 Å². The maximum atomic E-state index is 12.6. The molecule has 0 fully saturated rings. The lowest BCUT2D eigenvalue weighted by atomic mass is 10.0. The molecular weight excluding hydrogens is 733 g/mol. The van der Waals surface area contributed by atoms with E-state index in [1.54, 1.807) is 0 Å². The van der Waals surface area contributed by atoms with Crippen LogP contribution >= 0.6 is 0 Å². The van der Waals surface area contributed by atoms with Crippen molar-refractivity contribution in [1.82, 2.24) is 0 Å². The number of allylic oxidation sites excluding steroid dienone is 4. The Kier molecular flexibility index (Phi) is 46.8. The monoisotopic (exact) mass is 831 g/mol. The Balaban J connectivity index is 4.03. The summed E-state index contributed by atoms with van der Waals surface area (Å²) in [5.74, 6) is -0.867. The zero-order valence-corrected chi connectivity index (χ0v) is 39.5. The SMILES string of the molecule is CCCCCCC/C=C\C/C=C\CCCCCCCCCCCCCCCC(=O)OCC(COC(=O)CCCCCCCCCC)OC(=O)CCCCCCCCCC. The van der Waals surface area contributed by atoms with E-state index in [1.807, 2.05) is 0 Å². The van der Waals surface area contributed by atoms with E-state index in [1.165, 1.54) is 173 Å². The van der Waals surface area contributed by atoms with Gasteiger partial charge in [-0.05, 0) is 51.4 Å². The van der Waals surface area contributed by atoms with Crippen molar-refractivity contribution in [2.75, 3.05) is 13.2 Å². The van der Waals surface area contributed by atoms with E-state index in [0.717, 1.165) is 64.2 Å². The van der Waals surface area contributed by atoms with Gasteiger partial charge in [0.25, 0.3) is 0 Å². The Labute approximate surface area is 366 Å². The van der Waals surface area contributed by atoms with E-state index >= 15 is 0 Å². The number of carbonyl (C=O) groups excluding carboxylic acids is 3. The van der Waals surface area contributed by atoms with Crippen molar-refractivity contribution >= 4 is 17.9 Å². The number of carbonyl (C=O) groups is 3. The Morgan fingerprint density at radius 2 is 0.610 bits per heavy atom. The molecule has 0 saturated carbocycles. The van der Waals surface area contributed by atoms with Crippen LogP contribution in [0.4, 0.5) is 0 Å². The molecule has 0 aliphatic rings. The van der Waals surface area contributed by atoms with Gasteiger partial charge in [-0.15, -0.1) is 0 Å². The fraction of sp³-hybridized carbons (Fsp3) is 0.868. The molecule has 0 aromatic rings. The Hall–Kier alpha value is -2.11. The third-order valence-corrected chi connectivity index (χ3v) is 11.5. The van der Waals surface area contributed by atoms with Crippen molar-refractivity contribution in [2.45, 2.75) is 284 Å². The molecule has 0 bridgehead atoms. The molecule has 6 nitrogen and oxygen atoms in total. The zero-order valence-electron chi connectivity index (χ0n) is 39.5. The minimum Gasteiger partial charge on any atom is -0.462 e. The summed E-state index contributed by atoms with van der Waals surface area (Å²) in [7, 11) is 0. The maximum Gasteiger partial charge on any atom is 0.306 e. The molecule has 0 heterocycles. The molecule has 0 amide bonds. The van der Waals surface area contributed by atoms with E-state index in [9.17, 15) is 14.4 Å². The average Bonchev–Trinajstić information content (AvgIpc) is 3.23. The van der Waals surface area contributed by atoms with Crippen LogP contribution in [0.3, 0.4) is 0 Å². The van der Waals surface area contributed by atoms with Crippen LogP contribution in [0.2, 0.25) is 0 Å². The third-order valence-electron chi connectivity index (χ3n) is 11.5. The van der Waals surface area contributed by atoms with Crippen LogP contribution in [-0.4, -0.2) is 37.2 Å². The molecule has 0 aliphatic carbocycles. The summed E-state index contributed by atoms with van der Waals surface area (Å²) < 4.78 is 16.7. The normalized spacial score (nSPS) is 12.1. The smallest absolute Gasteiger partial charge is 0.306 e. The maximum absolute atomic E-state index is 12.6. The lowest BCUT2D eigenvalue weighted by Gasteiger charge is -2.18. The van der Waals surface area contributed by atoms with E-state index in [0.29, 0.717) is 19.3 Å². The van der Waals surface area contributed by atoms with Crippen LogP contribution < -0.4 is 0 Å². The van der Waals surface area contributed by atoms with Gasteiger partial charge in [-0.3, -0.25) is 14.4 Å². The molecule has 0 N–H and O–H groups in total. The molecule has 0 aromatic heterocycles. The molecule has 346 valence electrons. The molecular formula is C53H98O6. The summed E-state index contributed by atoms with van der Waals surface area (Å²) in [5.41, 5.74) is 0. The fourth-order valence-electron chi connectivity index (χ4n) is 7.53. The average molecular weight is 831 g/mol. The van der Waals surface area contributed by atoms with Crippen LogP contribution in [-0.2, 0) is 28.6 Å². The van der Waals surface area contributed by atoms with Gasteiger partial charge in [0.2, 0.25) is 0 Å². The quantitative estimate of drug-likeness (QED) is 0.0263. The predicted molar refractivity (Wildman–Crippen MR) is 252 cm³/mol. The van der Waals surface area contributed by atoms with E-state index in [-0.39, 0.29) is 31.1 Å². The summed E-state index contributed by atoms with van der Waals surface area (Å²) in [6.07, 6.45) is 54.8. The first kappa shape index (κ1) is 56.9. The lowest BCUT2D eigenvalue weighted by molar-refractivity contribution is -0.167. The largest absolute Gasteiger partial charge is 0.462 e. The molecule has 6 heteroatoms. The summed E-state index contributed by atoms with van der Waals surface area (Å²) in [6, 6.07) is 0. The Morgan fingerprint density at radius 1 is 0.339 bits per heavy atom. The van der Waals surface area contributed by atoms with Crippen molar-refractivity contribution in [2.24, 2.45) is 0 Å². The predicted octanol–water partition coefficient (Wildman–Crippen LogP) is 16.8. The van der Waals surface area contributed by atoms with Gasteiger partial charge in [0.15, 0.2) is 6.10 Å². The van der Waals surface area contributed by atoms with Crippen molar-refractivity contribution in [1.29, 1.82) is 0 Å². The van der Waals surface area contributed by atoms with Gasteiger partial charge in [-0.25, -0.2) is 0 Å². The van der Waals surface area contributed by atoms with Crippen LogP contribution in [0.25, 0.3) is 0 Å². The van der Waals surface area contributed by atoms with E-state index in [2.05, 4.69) is 45.1 Å². The zero-order chi connectivity index (χ0) is 43.0. The molecule has 59 heavy (non-hydrogen) atoms. The highest BCUT2D eigenvalue weighted by Gasteiger charge is 2.19. The van der Waals surface area contributed by atoms with Crippen molar-refractivity contribution in [3.8, 4) is 0 Å². The second-order valence-electron chi connectivity index (χ2n) is 17.4. The lowest BCUT2D eigenvalue weighted by Crippen LogP contribution is -2.30. The fourth-order valence-corrected chi connectivity index (χ4v) is 7.53. The number of unbranched alkanes of at least 4 members (excludes halogenated alkanes) is 32. The molecule has 0 spiro atoms. The van der Waals surface area contributed by atoms with Crippen LogP contribution in [0.1, 0.15) is 278 Å². The first-order chi connectivity index (χ1) is 29.0. The summed E-state index contributed by atoms with van der Waals surface area (Å²) >= 11 is 0. The molecule has 0 saturated heterocycles. The van der Waals surface area contributed by atoms with Crippen molar-refractivity contribution < 1.29 is 28.6 Å².